The number of hydrogen-bond donors (Lipinski definition) is 3. The summed E-state index contributed by atoms with van der Waals surface area (Å²) in [6.07, 6.45) is 1.71. The smallest absolute Gasteiger partial charge is 0.175 e. The third kappa shape index (κ3) is 3.76. The molecule has 1 saturated carbocycles. The van der Waals surface area contributed by atoms with E-state index in [0.717, 1.165) is 19.1 Å². The van der Waals surface area contributed by atoms with E-state index in [9.17, 15) is 13.5 Å². The fourth-order valence-electron chi connectivity index (χ4n) is 2.09. The summed E-state index contributed by atoms with van der Waals surface area (Å²) in [7, 11) is -3.20. The van der Waals surface area contributed by atoms with Crippen molar-refractivity contribution in [3.8, 4) is 0 Å². The van der Waals surface area contributed by atoms with E-state index in [0.29, 0.717) is 12.1 Å². The molecular weight excluding hydrogens is 266 g/mol. The first kappa shape index (κ1) is 14.5. The van der Waals surface area contributed by atoms with Gasteiger partial charge in [0.2, 0.25) is 0 Å². The molecule has 1 unspecified atom stereocenters. The Morgan fingerprint density at radius 2 is 1.89 bits per heavy atom. The lowest BCUT2D eigenvalue weighted by Crippen LogP contribution is -2.45. The maximum atomic E-state index is 11.3. The summed E-state index contributed by atoms with van der Waals surface area (Å²) in [4.78, 5) is 0.249. The van der Waals surface area contributed by atoms with Crippen molar-refractivity contribution in [1.29, 1.82) is 0 Å². The number of aliphatic hydroxyl groups is 2. The largest absolute Gasteiger partial charge is 0.393 e. The van der Waals surface area contributed by atoms with Crippen molar-refractivity contribution < 1.29 is 18.6 Å². The first-order valence-corrected chi connectivity index (χ1v) is 8.15. The summed E-state index contributed by atoms with van der Waals surface area (Å²) < 4.78 is 22.6. The predicted molar refractivity (Wildman–Crippen MR) is 71.5 cm³/mol. The summed E-state index contributed by atoms with van der Waals surface area (Å²) >= 11 is 0. The van der Waals surface area contributed by atoms with Gasteiger partial charge in [0.25, 0.3) is 0 Å². The number of rotatable bonds is 5. The van der Waals surface area contributed by atoms with Crippen molar-refractivity contribution in [2.24, 2.45) is 0 Å². The third-order valence-corrected chi connectivity index (χ3v) is 4.53. The van der Waals surface area contributed by atoms with Gasteiger partial charge in [-0.15, -0.1) is 0 Å². The Balaban J connectivity index is 1.90. The second-order valence-electron chi connectivity index (χ2n) is 5.09. The Morgan fingerprint density at radius 1 is 1.32 bits per heavy atom. The van der Waals surface area contributed by atoms with Gasteiger partial charge < -0.3 is 15.5 Å². The molecule has 3 N–H and O–H groups in total. The zero-order valence-corrected chi connectivity index (χ0v) is 11.6. The second kappa shape index (κ2) is 5.58. The van der Waals surface area contributed by atoms with Gasteiger partial charge in [0.1, 0.15) is 0 Å². The van der Waals surface area contributed by atoms with Crippen molar-refractivity contribution >= 4 is 9.84 Å². The van der Waals surface area contributed by atoms with Gasteiger partial charge in [-0.1, -0.05) is 12.1 Å². The van der Waals surface area contributed by atoms with E-state index < -0.39 is 15.9 Å². The van der Waals surface area contributed by atoms with Crippen LogP contribution < -0.4 is 5.32 Å². The van der Waals surface area contributed by atoms with Crippen LogP contribution in [0.5, 0.6) is 0 Å². The molecule has 6 heteroatoms. The second-order valence-corrected chi connectivity index (χ2v) is 7.10. The molecule has 0 radical (unpaired) electrons. The van der Waals surface area contributed by atoms with Crippen LogP contribution in [-0.2, 0) is 9.84 Å². The Kier molecular flexibility index (Phi) is 4.25. The highest BCUT2D eigenvalue weighted by atomic mass is 32.2. The van der Waals surface area contributed by atoms with Gasteiger partial charge in [-0.05, 0) is 30.5 Å². The minimum atomic E-state index is -3.20. The van der Waals surface area contributed by atoms with E-state index in [-0.39, 0.29) is 17.0 Å². The molecule has 19 heavy (non-hydrogen) atoms. The Labute approximate surface area is 113 Å². The van der Waals surface area contributed by atoms with E-state index in [1.54, 1.807) is 12.1 Å². The molecular formula is C13H19NO4S. The zero-order chi connectivity index (χ0) is 14.0. The molecule has 1 atom stereocenters. The van der Waals surface area contributed by atoms with Crippen LogP contribution >= 0.6 is 0 Å². The van der Waals surface area contributed by atoms with Crippen LogP contribution in [0.25, 0.3) is 0 Å². The van der Waals surface area contributed by atoms with Crippen molar-refractivity contribution in [2.75, 3.05) is 12.8 Å². The molecule has 1 aromatic carbocycles. The minimum Gasteiger partial charge on any atom is -0.393 e. The van der Waals surface area contributed by atoms with E-state index in [2.05, 4.69) is 5.32 Å². The molecule has 2 rings (SSSR count). The number of benzene rings is 1. The molecule has 0 amide bonds. The molecule has 1 aliphatic carbocycles. The van der Waals surface area contributed by atoms with Crippen LogP contribution in [0.1, 0.15) is 24.5 Å². The number of nitrogens with one attached hydrogen (secondary N) is 1. The molecule has 5 nitrogen and oxygen atoms in total. The standard InChI is InChI=1S/C13H19NO4S/c1-19(17,18)12-4-2-9(3-5-12)13(16)8-14-10-6-11(15)7-10/h2-5,10-11,13-16H,6-8H2,1H3. The Morgan fingerprint density at radius 3 is 2.37 bits per heavy atom. The summed E-state index contributed by atoms with van der Waals surface area (Å²) in [6, 6.07) is 6.51. The Hall–Kier alpha value is -0.950. The number of hydrogen-bond acceptors (Lipinski definition) is 5. The lowest BCUT2D eigenvalue weighted by molar-refractivity contribution is 0.0551. The molecule has 1 aliphatic rings. The topological polar surface area (TPSA) is 86.6 Å². The predicted octanol–water partition coefficient (Wildman–Crippen LogP) is 0.236. The molecule has 0 bridgehead atoms. The highest BCUT2D eigenvalue weighted by molar-refractivity contribution is 7.90. The van der Waals surface area contributed by atoms with Gasteiger partial charge in [0, 0.05) is 18.8 Å². The van der Waals surface area contributed by atoms with E-state index >= 15 is 0 Å². The molecule has 0 aromatic heterocycles. The van der Waals surface area contributed by atoms with Gasteiger partial charge in [-0.3, -0.25) is 0 Å². The van der Waals surface area contributed by atoms with Crippen molar-refractivity contribution in [3.05, 3.63) is 29.8 Å². The first-order valence-electron chi connectivity index (χ1n) is 6.26. The van der Waals surface area contributed by atoms with Crippen LogP contribution in [-0.4, -0.2) is 43.6 Å². The monoisotopic (exact) mass is 285 g/mol. The molecule has 0 saturated heterocycles. The fraction of sp³-hybridized carbons (Fsp3) is 0.538. The van der Waals surface area contributed by atoms with Gasteiger partial charge in [-0.2, -0.15) is 0 Å². The summed E-state index contributed by atoms with van der Waals surface area (Å²) in [6.45, 7) is 0.398. The quantitative estimate of drug-likeness (QED) is 0.721. The molecule has 0 aliphatic heterocycles. The van der Waals surface area contributed by atoms with Gasteiger partial charge in [0.15, 0.2) is 9.84 Å². The first-order chi connectivity index (χ1) is 8.86. The lowest BCUT2D eigenvalue weighted by atomic mass is 9.89. The van der Waals surface area contributed by atoms with Gasteiger partial charge >= 0.3 is 0 Å². The van der Waals surface area contributed by atoms with Crippen LogP contribution in [0, 0.1) is 0 Å². The maximum Gasteiger partial charge on any atom is 0.175 e. The van der Waals surface area contributed by atoms with E-state index in [1.165, 1.54) is 12.1 Å². The highest BCUT2D eigenvalue weighted by Gasteiger charge is 2.27. The summed E-state index contributed by atoms with van der Waals surface area (Å²) in [5.41, 5.74) is 0.680. The Bertz CT molecular complexity index is 520. The SMILES string of the molecule is CS(=O)(=O)c1ccc(C(O)CNC2CC(O)C2)cc1. The number of aliphatic hydroxyl groups excluding tert-OH is 2. The molecule has 1 aromatic rings. The average molecular weight is 285 g/mol. The third-order valence-electron chi connectivity index (χ3n) is 3.41. The van der Waals surface area contributed by atoms with Gasteiger partial charge in [0.05, 0.1) is 17.1 Å². The molecule has 0 spiro atoms. The van der Waals surface area contributed by atoms with E-state index in [1.807, 2.05) is 0 Å². The summed E-state index contributed by atoms with van der Waals surface area (Å²) in [5, 5.41) is 22.3. The van der Waals surface area contributed by atoms with Crippen LogP contribution in [0.4, 0.5) is 0 Å². The summed E-state index contributed by atoms with van der Waals surface area (Å²) in [5.74, 6) is 0. The van der Waals surface area contributed by atoms with Crippen molar-refractivity contribution in [1.82, 2.24) is 5.32 Å². The average Bonchev–Trinajstić information content (AvgIpc) is 2.32. The molecule has 0 heterocycles. The van der Waals surface area contributed by atoms with Crippen molar-refractivity contribution in [2.45, 2.75) is 36.0 Å². The van der Waals surface area contributed by atoms with Gasteiger partial charge in [-0.25, -0.2) is 8.42 Å². The maximum absolute atomic E-state index is 11.3. The minimum absolute atomic E-state index is 0.219. The van der Waals surface area contributed by atoms with Crippen LogP contribution in [0.15, 0.2) is 29.2 Å². The van der Waals surface area contributed by atoms with Crippen LogP contribution in [0.2, 0.25) is 0 Å². The number of sulfone groups is 1. The molecule has 106 valence electrons. The normalized spacial score (nSPS) is 24.8. The highest BCUT2D eigenvalue weighted by Crippen LogP contribution is 2.21. The lowest BCUT2D eigenvalue weighted by Gasteiger charge is -2.32. The zero-order valence-electron chi connectivity index (χ0n) is 10.8. The van der Waals surface area contributed by atoms with Crippen LogP contribution in [0.3, 0.4) is 0 Å². The van der Waals surface area contributed by atoms with E-state index in [4.69, 9.17) is 5.11 Å². The fourth-order valence-corrected chi connectivity index (χ4v) is 2.72. The molecule has 1 fully saturated rings. The van der Waals surface area contributed by atoms with Crippen molar-refractivity contribution in [3.63, 3.8) is 0 Å².